The molecule has 1 heteroatoms. The molecule has 0 aliphatic heterocycles. The summed E-state index contributed by atoms with van der Waals surface area (Å²) in [5.74, 6) is 3.34. The van der Waals surface area contributed by atoms with Gasteiger partial charge in [0.2, 0.25) is 0 Å². The third-order valence-corrected chi connectivity index (χ3v) is 24.1. The summed E-state index contributed by atoms with van der Waals surface area (Å²) < 4.78 is 0. The second-order valence-electron chi connectivity index (χ2n) is 27.7. The molecule has 6 unspecified atom stereocenters. The van der Waals surface area contributed by atoms with Crippen LogP contribution in [0.3, 0.4) is 0 Å². The second-order valence-corrected chi connectivity index (χ2v) is 27.7. The minimum absolute atomic E-state index is 0.107. The SMILES string of the molecule is c1ccc(-c2ccc(-c3cccc4c3CCc3c(-c5ccc(-c6ccccc6)cc5)cccc3C43c4ccccc4-c4ccc(N(c5ccc(-c6cccc(-c7ccccc7)c6)cc5)c5ccc6c(c5)-c5ccccc5C65C6CC7CC8CC5C78C6)cc43)cc2)cc1. The van der Waals surface area contributed by atoms with E-state index in [2.05, 4.69) is 314 Å². The van der Waals surface area contributed by atoms with Crippen LogP contribution in [-0.4, -0.2) is 0 Å². The number of hydrogen-bond donors (Lipinski definition) is 0. The van der Waals surface area contributed by atoms with Crippen LogP contribution in [0.25, 0.3) is 89.0 Å². The van der Waals surface area contributed by atoms with E-state index in [4.69, 9.17) is 0 Å². The smallest absolute Gasteiger partial charge is 0.0720 e. The van der Waals surface area contributed by atoms with Gasteiger partial charge in [-0.05, 0) is 244 Å². The van der Waals surface area contributed by atoms with Gasteiger partial charge in [-0.15, -0.1) is 0 Å². The molecule has 7 aliphatic rings. The van der Waals surface area contributed by atoms with E-state index in [1.54, 1.807) is 11.1 Å². The van der Waals surface area contributed by atoms with Crippen LogP contribution in [0.5, 0.6) is 0 Å². The summed E-state index contributed by atoms with van der Waals surface area (Å²) in [6.07, 6.45) is 7.47. The van der Waals surface area contributed by atoms with E-state index < -0.39 is 5.41 Å². The molecule has 0 heterocycles. The van der Waals surface area contributed by atoms with Crippen molar-refractivity contribution in [3.8, 4) is 89.0 Å². The number of hydrogen-bond acceptors (Lipinski definition) is 1. The number of anilines is 3. The lowest BCUT2D eigenvalue weighted by Gasteiger charge is -2.70. The molecular weight excluding hydrogens is 1110 g/mol. The molecule has 0 radical (unpaired) electrons. The molecule has 20 rings (SSSR count). The molecule has 2 bridgehead atoms. The number of benzene rings is 13. The van der Waals surface area contributed by atoms with E-state index in [0.717, 1.165) is 42.0 Å². The van der Waals surface area contributed by atoms with Crippen LogP contribution in [0.4, 0.5) is 17.1 Å². The van der Waals surface area contributed by atoms with Crippen molar-refractivity contribution in [2.24, 2.45) is 29.1 Å². The number of fused-ring (bicyclic) bond motifs is 17. The van der Waals surface area contributed by atoms with Crippen molar-refractivity contribution < 1.29 is 0 Å². The average molecular weight is 1170 g/mol. The molecule has 6 atom stereocenters. The van der Waals surface area contributed by atoms with Gasteiger partial charge in [-0.1, -0.05) is 267 Å². The van der Waals surface area contributed by atoms with Crippen LogP contribution in [0.15, 0.2) is 309 Å². The fraction of sp³-hybridized carbons (Fsp3) is 0.143. The Morgan fingerprint density at radius 1 is 0.250 bits per heavy atom. The Bertz CT molecular complexity index is 4980. The molecule has 4 fully saturated rings. The maximum Gasteiger partial charge on any atom is 0.0720 e. The monoisotopic (exact) mass is 1170 g/mol. The summed E-state index contributed by atoms with van der Waals surface area (Å²) in [6, 6.07) is 118. The molecule has 7 aliphatic carbocycles. The molecule has 0 aromatic heterocycles. The highest BCUT2D eigenvalue weighted by molar-refractivity contribution is 5.94. The van der Waals surface area contributed by atoms with E-state index in [9.17, 15) is 0 Å². The summed E-state index contributed by atoms with van der Waals surface area (Å²) in [5, 5.41) is 0. The highest BCUT2D eigenvalue weighted by Gasteiger charge is 2.82. The maximum absolute atomic E-state index is 2.62. The van der Waals surface area contributed by atoms with Crippen molar-refractivity contribution >= 4 is 17.1 Å². The normalized spacial score (nSPS) is 21.4. The molecule has 4 saturated carbocycles. The Morgan fingerprint density at radius 2 is 0.652 bits per heavy atom. The van der Waals surface area contributed by atoms with Crippen LogP contribution in [0.1, 0.15) is 70.2 Å². The molecule has 13 aromatic rings. The van der Waals surface area contributed by atoms with Gasteiger partial charge < -0.3 is 4.90 Å². The van der Waals surface area contributed by atoms with E-state index in [1.807, 2.05) is 0 Å². The standard InChI is InChI=1S/C91H67N/c1-4-17-58(18-5-1)61-33-37-64(38-34-61)74-27-15-31-84-78(74)48-49-79-75(65-39-35-62(36-40-65)59-19-6-2-7-20-59)28-16-32-85(79)91(84)83-30-13-10-25-76(83)80-47-45-73(56-87(80)91)92(71-43-41-63(42-44-71)67-24-14-23-66(51-67)60-21-8-3-9-22-60)72-46-50-86-81(55-72)77-26-11-12-29-82(77)90(86)70-53-68-52-69-54-88(90)89(68,69)57-70/h1-47,50-51,55-56,68-70,88H,48-49,52-54,57H2. The fourth-order valence-corrected chi connectivity index (χ4v) is 20.4. The molecule has 0 amide bonds. The molecular formula is C91H67N. The van der Waals surface area contributed by atoms with Gasteiger partial charge in [0.15, 0.2) is 0 Å². The quantitative estimate of drug-likeness (QED) is 0.139. The van der Waals surface area contributed by atoms with Crippen molar-refractivity contribution in [2.45, 2.75) is 49.4 Å². The first-order valence-corrected chi connectivity index (χ1v) is 33.7. The van der Waals surface area contributed by atoms with E-state index >= 15 is 0 Å². The van der Waals surface area contributed by atoms with Crippen LogP contribution >= 0.6 is 0 Å². The van der Waals surface area contributed by atoms with E-state index in [0.29, 0.717) is 11.3 Å². The lowest BCUT2D eigenvalue weighted by molar-refractivity contribution is -0.193. The third-order valence-electron chi connectivity index (χ3n) is 24.1. The van der Waals surface area contributed by atoms with Crippen LogP contribution in [0.2, 0.25) is 0 Å². The van der Waals surface area contributed by atoms with Gasteiger partial charge in [0.05, 0.1) is 5.41 Å². The summed E-state index contributed by atoms with van der Waals surface area (Å²) in [7, 11) is 0. The largest absolute Gasteiger partial charge is 0.310 e. The minimum atomic E-state index is -0.674. The van der Waals surface area contributed by atoms with Gasteiger partial charge in [0, 0.05) is 22.5 Å². The zero-order chi connectivity index (χ0) is 60.3. The van der Waals surface area contributed by atoms with Crippen molar-refractivity contribution in [3.63, 3.8) is 0 Å². The predicted molar refractivity (Wildman–Crippen MR) is 380 cm³/mol. The first-order chi connectivity index (χ1) is 45.5. The second kappa shape index (κ2) is 19.8. The lowest BCUT2D eigenvalue weighted by Crippen LogP contribution is -2.65. The lowest BCUT2D eigenvalue weighted by atomic mass is 9.34. The fourth-order valence-electron chi connectivity index (χ4n) is 20.4. The molecule has 0 N–H and O–H groups in total. The first kappa shape index (κ1) is 52.4. The van der Waals surface area contributed by atoms with Crippen molar-refractivity contribution in [1.29, 1.82) is 0 Å². The van der Waals surface area contributed by atoms with Crippen LogP contribution < -0.4 is 4.90 Å². The molecule has 0 saturated heterocycles. The van der Waals surface area contributed by atoms with Crippen molar-refractivity contribution in [2.75, 3.05) is 4.90 Å². The van der Waals surface area contributed by atoms with Gasteiger partial charge in [0.1, 0.15) is 0 Å². The summed E-state index contributed by atoms with van der Waals surface area (Å²) >= 11 is 0. The first-order valence-electron chi connectivity index (χ1n) is 33.7. The van der Waals surface area contributed by atoms with Gasteiger partial charge in [0.25, 0.3) is 0 Å². The van der Waals surface area contributed by atoms with Gasteiger partial charge in [-0.3, -0.25) is 0 Å². The van der Waals surface area contributed by atoms with Gasteiger partial charge in [-0.25, -0.2) is 0 Å². The summed E-state index contributed by atoms with van der Waals surface area (Å²) in [5.41, 5.74) is 35.3. The third kappa shape index (κ3) is 7.20. The van der Waals surface area contributed by atoms with Crippen molar-refractivity contribution in [1.82, 2.24) is 0 Å². The van der Waals surface area contributed by atoms with Gasteiger partial charge >= 0.3 is 0 Å². The van der Waals surface area contributed by atoms with Gasteiger partial charge in [-0.2, -0.15) is 0 Å². The Balaban J connectivity index is 0.801. The van der Waals surface area contributed by atoms with Crippen molar-refractivity contribution in [3.05, 3.63) is 354 Å². The van der Waals surface area contributed by atoms with E-state index in [-0.39, 0.29) is 5.41 Å². The Kier molecular flexibility index (Phi) is 11.3. The number of rotatable bonds is 9. The molecule has 3 spiro atoms. The molecule has 92 heavy (non-hydrogen) atoms. The zero-order valence-electron chi connectivity index (χ0n) is 51.4. The average Bonchev–Trinajstić information content (AvgIpc) is 1.45. The highest BCUT2D eigenvalue weighted by atomic mass is 15.1. The molecule has 13 aromatic carbocycles. The maximum atomic E-state index is 2.62. The predicted octanol–water partition coefficient (Wildman–Crippen LogP) is 23.0. The van der Waals surface area contributed by atoms with E-state index in [1.165, 1.54) is 154 Å². The Morgan fingerprint density at radius 3 is 1.25 bits per heavy atom. The number of nitrogens with zero attached hydrogens (tertiary/aromatic N) is 1. The molecule has 436 valence electrons. The highest BCUT2D eigenvalue weighted by Crippen LogP contribution is 2.88. The Hall–Kier alpha value is -10.3. The van der Waals surface area contributed by atoms with Crippen LogP contribution in [-0.2, 0) is 23.7 Å². The zero-order valence-corrected chi connectivity index (χ0v) is 51.4. The Labute approximate surface area is 540 Å². The molecule has 1 nitrogen and oxygen atoms in total. The topological polar surface area (TPSA) is 3.24 Å². The summed E-state index contributed by atoms with van der Waals surface area (Å²) in [4.78, 5) is 2.60. The van der Waals surface area contributed by atoms with Crippen LogP contribution in [0, 0.1) is 29.1 Å². The summed E-state index contributed by atoms with van der Waals surface area (Å²) in [6.45, 7) is 0. The minimum Gasteiger partial charge on any atom is -0.310 e.